The summed E-state index contributed by atoms with van der Waals surface area (Å²) >= 11 is 0. The van der Waals surface area contributed by atoms with Gasteiger partial charge in [-0.25, -0.2) is 0 Å². The molecule has 2 aliphatic heterocycles. The molecule has 2 rings (SSSR count). The first-order valence-electron chi connectivity index (χ1n) is 9.64. The van der Waals surface area contributed by atoms with Crippen LogP contribution < -0.4 is 0 Å². The SMILES string of the molecule is CCOC(=O)CN(CC)CCN(CCN1CC(=O)OC(=O)C1)CC1C(=O)OC1=O. The van der Waals surface area contributed by atoms with Crippen LogP contribution in [-0.2, 0) is 38.2 Å². The third kappa shape index (κ3) is 7.18. The Kier molecular flexibility index (Phi) is 8.68. The molecular weight excluding hydrogens is 386 g/mol. The van der Waals surface area contributed by atoms with Crippen LogP contribution in [0.1, 0.15) is 13.8 Å². The zero-order valence-corrected chi connectivity index (χ0v) is 16.8. The molecule has 29 heavy (non-hydrogen) atoms. The lowest BCUT2D eigenvalue weighted by molar-refractivity contribution is -0.185. The molecule has 0 spiro atoms. The van der Waals surface area contributed by atoms with Gasteiger partial charge in [-0.2, -0.15) is 0 Å². The van der Waals surface area contributed by atoms with E-state index in [1.54, 1.807) is 11.8 Å². The second kappa shape index (κ2) is 11.0. The molecule has 0 aromatic heterocycles. The highest BCUT2D eigenvalue weighted by Crippen LogP contribution is 2.16. The molecule has 0 bridgehead atoms. The maximum Gasteiger partial charge on any atom is 0.329 e. The largest absolute Gasteiger partial charge is 0.465 e. The molecule has 2 saturated heterocycles. The van der Waals surface area contributed by atoms with Crippen LogP contribution in [0.2, 0.25) is 0 Å². The van der Waals surface area contributed by atoms with Crippen molar-refractivity contribution in [3.05, 3.63) is 0 Å². The minimum atomic E-state index is -0.830. The van der Waals surface area contributed by atoms with Crippen LogP contribution in [-0.4, -0.2) is 110 Å². The average molecular weight is 413 g/mol. The quantitative estimate of drug-likeness (QED) is 0.206. The number of cyclic esters (lactones) is 4. The fourth-order valence-electron chi connectivity index (χ4n) is 3.06. The average Bonchev–Trinajstić information content (AvgIpc) is 2.65. The number of likely N-dealkylation sites (N-methyl/N-ethyl adjacent to an activating group) is 1. The van der Waals surface area contributed by atoms with Crippen molar-refractivity contribution in [3.63, 3.8) is 0 Å². The standard InChI is InChI=1S/C18H27N3O8/c1-3-19(10-14(22)27-4-2)5-6-20(9-13-17(25)29-18(13)26)7-8-21-11-15(23)28-16(24)12-21/h13H,3-12H2,1-2H3. The van der Waals surface area contributed by atoms with E-state index >= 15 is 0 Å². The van der Waals surface area contributed by atoms with Gasteiger partial charge in [-0.15, -0.1) is 0 Å². The molecule has 162 valence electrons. The van der Waals surface area contributed by atoms with Crippen LogP contribution in [0.5, 0.6) is 0 Å². The van der Waals surface area contributed by atoms with Gasteiger partial charge in [0.1, 0.15) is 0 Å². The number of morpholine rings is 1. The molecule has 0 N–H and O–H groups in total. The number of nitrogens with zero attached hydrogens (tertiary/aromatic N) is 3. The van der Waals surface area contributed by atoms with Gasteiger partial charge in [0, 0.05) is 32.7 Å². The fourth-order valence-corrected chi connectivity index (χ4v) is 3.06. The first-order chi connectivity index (χ1) is 13.8. The van der Waals surface area contributed by atoms with Crippen molar-refractivity contribution in [1.29, 1.82) is 0 Å². The molecule has 11 heteroatoms. The summed E-state index contributed by atoms with van der Waals surface area (Å²) in [5.74, 6) is -3.47. The number of carbonyl (C=O) groups excluding carboxylic acids is 5. The molecule has 0 aliphatic carbocycles. The molecule has 0 amide bonds. The predicted octanol–water partition coefficient (Wildman–Crippen LogP) is -1.74. The molecule has 0 aromatic carbocycles. The second-order valence-electron chi connectivity index (χ2n) is 6.82. The molecule has 0 aromatic rings. The van der Waals surface area contributed by atoms with Crippen molar-refractivity contribution in [3.8, 4) is 0 Å². The maximum atomic E-state index is 11.7. The van der Waals surface area contributed by atoms with Crippen molar-refractivity contribution in [1.82, 2.24) is 14.7 Å². The van der Waals surface area contributed by atoms with Gasteiger partial charge in [-0.1, -0.05) is 6.92 Å². The van der Waals surface area contributed by atoms with E-state index in [9.17, 15) is 24.0 Å². The number of ether oxygens (including phenoxy) is 3. The van der Waals surface area contributed by atoms with Crippen molar-refractivity contribution in [2.24, 2.45) is 5.92 Å². The lowest BCUT2D eigenvalue weighted by Gasteiger charge is -2.33. The number of hydrogen-bond acceptors (Lipinski definition) is 11. The van der Waals surface area contributed by atoms with Crippen LogP contribution in [0.3, 0.4) is 0 Å². The molecule has 0 radical (unpaired) electrons. The smallest absolute Gasteiger partial charge is 0.329 e. The molecular formula is C18H27N3O8. The highest BCUT2D eigenvalue weighted by Gasteiger charge is 2.42. The van der Waals surface area contributed by atoms with Crippen LogP contribution >= 0.6 is 0 Å². The van der Waals surface area contributed by atoms with E-state index in [1.165, 1.54) is 0 Å². The summed E-state index contributed by atoms with van der Waals surface area (Å²) in [6, 6.07) is 0. The van der Waals surface area contributed by atoms with Crippen LogP contribution in [0.4, 0.5) is 0 Å². The van der Waals surface area contributed by atoms with Crippen LogP contribution in [0, 0.1) is 5.92 Å². The molecule has 2 fully saturated rings. The Morgan fingerprint density at radius 2 is 1.62 bits per heavy atom. The van der Waals surface area contributed by atoms with Crippen molar-refractivity contribution < 1.29 is 38.2 Å². The summed E-state index contributed by atoms with van der Waals surface area (Å²) in [5, 5.41) is 0. The zero-order chi connectivity index (χ0) is 21.4. The van der Waals surface area contributed by atoms with Crippen molar-refractivity contribution >= 4 is 29.8 Å². The Morgan fingerprint density at radius 1 is 1.00 bits per heavy atom. The summed E-state index contributed by atoms with van der Waals surface area (Å²) in [6.07, 6.45) is 0. The molecule has 2 heterocycles. The van der Waals surface area contributed by atoms with Crippen LogP contribution in [0.15, 0.2) is 0 Å². The lowest BCUT2D eigenvalue weighted by atomic mass is 10.1. The number of carbonyl (C=O) groups is 5. The van der Waals surface area contributed by atoms with Crippen molar-refractivity contribution in [2.45, 2.75) is 13.8 Å². The Labute approximate surface area is 168 Å². The summed E-state index contributed by atoms with van der Waals surface area (Å²) < 4.78 is 13.9. The zero-order valence-electron chi connectivity index (χ0n) is 16.8. The van der Waals surface area contributed by atoms with E-state index in [0.29, 0.717) is 39.3 Å². The third-order valence-electron chi connectivity index (χ3n) is 4.71. The third-order valence-corrected chi connectivity index (χ3v) is 4.71. The topological polar surface area (TPSA) is 123 Å². The summed E-state index contributed by atoms with van der Waals surface area (Å²) in [5.41, 5.74) is 0. The second-order valence-corrected chi connectivity index (χ2v) is 6.82. The fraction of sp³-hybridized carbons (Fsp3) is 0.722. The predicted molar refractivity (Wildman–Crippen MR) is 97.3 cm³/mol. The Balaban J connectivity index is 1.90. The van der Waals surface area contributed by atoms with Gasteiger partial charge in [0.2, 0.25) is 0 Å². The highest BCUT2D eigenvalue weighted by molar-refractivity contribution is 6.09. The summed E-state index contributed by atoms with van der Waals surface area (Å²) in [4.78, 5) is 63.0. The Morgan fingerprint density at radius 3 is 2.17 bits per heavy atom. The Bertz CT molecular complexity index is 623. The number of hydrogen-bond donors (Lipinski definition) is 0. The monoisotopic (exact) mass is 413 g/mol. The van der Waals surface area contributed by atoms with Gasteiger partial charge >= 0.3 is 29.8 Å². The van der Waals surface area contributed by atoms with Gasteiger partial charge < -0.3 is 14.2 Å². The minimum Gasteiger partial charge on any atom is -0.465 e. The highest BCUT2D eigenvalue weighted by atomic mass is 16.6. The summed E-state index contributed by atoms with van der Waals surface area (Å²) in [6.45, 7) is 6.76. The van der Waals surface area contributed by atoms with E-state index in [4.69, 9.17) is 4.74 Å². The van der Waals surface area contributed by atoms with Crippen molar-refractivity contribution in [2.75, 3.05) is 65.5 Å². The Hall–Kier alpha value is -2.37. The van der Waals surface area contributed by atoms with E-state index < -0.39 is 29.8 Å². The molecule has 0 saturated carbocycles. The first-order valence-corrected chi connectivity index (χ1v) is 9.64. The normalized spacial score (nSPS) is 18.1. The molecule has 0 atom stereocenters. The summed E-state index contributed by atoms with van der Waals surface area (Å²) in [7, 11) is 0. The number of esters is 5. The van der Waals surface area contributed by atoms with Gasteiger partial charge in [0.25, 0.3) is 0 Å². The molecule has 2 aliphatic rings. The van der Waals surface area contributed by atoms with Gasteiger partial charge in [-0.05, 0) is 13.5 Å². The number of rotatable bonds is 12. The van der Waals surface area contributed by atoms with E-state index in [2.05, 4.69) is 9.47 Å². The van der Waals surface area contributed by atoms with E-state index in [1.807, 2.05) is 16.7 Å². The lowest BCUT2D eigenvalue weighted by Crippen LogP contribution is -2.51. The van der Waals surface area contributed by atoms with E-state index in [0.717, 1.165) is 0 Å². The first kappa shape index (κ1) is 22.9. The van der Waals surface area contributed by atoms with Gasteiger partial charge in [-0.3, -0.25) is 38.7 Å². The van der Waals surface area contributed by atoms with Crippen LogP contribution in [0.25, 0.3) is 0 Å². The van der Waals surface area contributed by atoms with Gasteiger partial charge in [0.15, 0.2) is 5.92 Å². The maximum absolute atomic E-state index is 11.7. The van der Waals surface area contributed by atoms with Gasteiger partial charge in [0.05, 0.1) is 26.2 Å². The van der Waals surface area contributed by atoms with E-state index in [-0.39, 0.29) is 32.1 Å². The molecule has 11 nitrogen and oxygen atoms in total. The molecule has 0 unspecified atom stereocenters. The minimum absolute atomic E-state index is 0.00786.